The van der Waals surface area contributed by atoms with Gasteiger partial charge in [0, 0.05) is 25.3 Å². The highest BCUT2D eigenvalue weighted by Gasteiger charge is 2.16. The molecule has 0 aromatic heterocycles. The first-order chi connectivity index (χ1) is 7.83. The van der Waals surface area contributed by atoms with Gasteiger partial charge in [0.25, 0.3) is 0 Å². The van der Waals surface area contributed by atoms with Gasteiger partial charge in [0.2, 0.25) is 0 Å². The van der Waals surface area contributed by atoms with Gasteiger partial charge in [0.15, 0.2) is 0 Å². The van der Waals surface area contributed by atoms with Crippen LogP contribution in [0.4, 0.5) is 5.69 Å². The zero-order valence-corrected chi connectivity index (χ0v) is 11.3. The van der Waals surface area contributed by atoms with Crippen molar-refractivity contribution >= 4 is 5.69 Å². The molecule has 96 valence electrons. The molecule has 3 heteroatoms. The number of hydrogen-bond donors (Lipinski definition) is 2. The molecular weight excluding hydrogens is 212 g/mol. The van der Waals surface area contributed by atoms with Crippen LogP contribution in [-0.2, 0) is 0 Å². The Morgan fingerprint density at radius 2 is 1.82 bits per heavy atom. The van der Waals surface area contributed by atoms with Gasteiger partial charge in [-0.1, -0.05) is 19.1 Å². The summed E-state index contributed by atoms with van der Waals surface area (Å²) in [6, 6.07) is 8.34. The van der Waals surface area contributed by atoms with Gasteiger partial charge in [0.1, 0.15) is 0 Å². The fourth-order valence-electron chi connectivity index (χ4n) is 1.88. The van der Waals surface area contributed by atoms with Crippen molar-refractivity contribution in [2.24, 2.45) is 5.73 Å². The fraction of sp³-hybridized carbons (Fsp3) is 0.571. The highest BCUT2D eigenvalue weighted by Crippen LogP contribution is 2.20. The van der Waals surface area contributed by atoms with E-state index in [1.807, 2.05) is 25.8 Å². The quantitative estimate of drug-likeness (QED) is 0.824. The summed E-state index contributed by atoms with van der Waals surface area (Å²) in [6.45, 7) is 6.31. The van der Waals surface area contributed by atoms with Crippen LogP contribution in [0.5, 0.6) is 0 Å². The molecule has 17 heavy (non-hydrogen) atoms. The van der Waals surface area contributed by atoms with Gasteiger partial charge in [-0.15, -0.1) is 0 Å². The van der Waals surface area contributed by atoms with Gasteiger partial charge in [-0.05, 0) is 38.0 Å². The van der Waals surface area contributed by atoms with E-state index in [1.165, 1.54) is 0 Å². The van der Waals surface area contributed by atoms with Crippen molar-refractivity contribution < 1.29 is 5.11 Å². The monoisotopic (exact) mass is 236 g/mol. The highest BCUT2D eigenvalue weighted by molar-refractivity contribution is 5.47. The number of benzene rings is 1. The summed E-state index contributed by atoms with van der Waals surface area (Å²) in [4.78, 5) is 2.04. The number of nitrogens with two attached hydrogens (primary N) is 1. The summed E-state index contributed by atoms with van der Waals surface area (Å²) in [7, 11) is 1.98. The maximum atomic E-state index is 9.77. The third kappa shape index (κ3) is 4.36. The van der Waals surface area contributed by atoms with Gasteiger partial charge in [0.05, 0.1) is 5.60 Å². The van der Waals surface area contributed by atoms with Gasteiger partial charge in [-0.3, -0.25) is 0 Å². The number of likely N-dealkylation sites (N-methyl/N-ethyl adjacent to an activating group) is 1. The summed E-state index contributed by atoms with van der Waals surface area (Å²) in [5.74, 6) is 0. The van der Waals surface area contributed by atoms with Crippen LogP contribution in [0.25, 0.3) is 0 Å². The highest BCUT2D eigenvalue weighted by atomic mass is 16.3. The molecule has 0 spiro atoms. The van der Waals surface area contributed by atoms with Crippen LogP contribution in [0.1, 0.15) is 38.8 Å². The van der Waals surface area contributed by atoms with Crippen LogP contribution < -0.4 is 10.6 Å². The van der Waals surface area contributed by atoms with E-state index < -0.39 is 5.60 Å². The van der Waals surface area contributed by atoms with Crippen LogP contribution >= 0.6 is 0 Å². The molecule has 0 saturated carbocycles. The molecule has 0 amide bonds. The minimum absolute atomic E-state index is 0.114. The molecule has 0 fully saturated rings. The van der Waals surface area contributed by atoms with Crippen molar-refractivity contribution in [2.75, 3.05) is 18.5 Å². The summed E-state index contributed by atoms with van der Waals surface area (Å²) in [5, 5.41) is 9.77. The number of nitrogens with zero attached hydrogens (tertiary/aromatic N) is 1. The van der Waals surface area contributed by atoms with Gasteiger partial charge in [-0.25, -0.2) is 0 Å². The Hall–Kier alpha value is -1.06. The lowest BCUT2D eigenvalue weighted by atomic mass is 10.0. The van der Waals surface area contributed by atoms with Crippen LogP contribution in [0.2, 0.25) is 0 Å². The zero-order chi connectivity index (χ0) is 13.1. The van der Waals surface area contributed by atoms with Gasteiger partial charge in [-0.2, -0.15) is 0 Å². The smallest absolute Gasteiger partial charge is 0.0765 e. The van der Waals surface area contributed by atoms with Crippen LogP contribution in [0.3, 0.4) is 0 Å². The predicted octanol–water partition coefficient (Wildman–Crippen LogP) is 2.30. The fourth-order valence-corrected chi connectivity index (χ4v) is 1.88. The van der Waals surface area contributed by atoms with Gasteiger partial charge < -0.3 is 15.7 Å². The molecular formula is C14H24N2O. The minimum atomic E-state index is -0.687. The molecule has 0 aliphatic heterocycles. The Kier molecular flexibility index (Phi) is 4.54. The predicted molar refractivity (Wildman–Crippen MR) is 73.2 cm³/mol. The Morgan fingerprint density at radius 3 is 2.24 bits per heavy atom. The van der Waals surface area contributed by atoms with E-state index >= 15 is 0 Å². The summed E-state index contributed by atoms with van der Waals surface area (Å²) < 4.78 is 0. The average Bonchev–Trinajstić information content (AvgIpc) is 2.26. The van der Waals surface area contributed by atoms with Crippen molar-refractivity contribution in [3.63, 3.8) is 0 Å². The second-order valence-corrected chi connectivity index (χ2v) is 5.27. The Labute approximate surface area is 104 Å². The average molecular weight is 236 g/mol. The molecule has 0 heterocycles. The SMILES string of the molecule is CC[C@H](N)c1ccc(N(C)CC(C)(C)O)cc1. The topological polar surface area (TPSA) is 49.5 Å². The van der Waals surface area contributed by atoms with Crippen LogP contribution in [0.15, 0.2) is 24.3 Å². The summed E-state index contributed by atoms with van der Waals surface area (Å²) >= 11 is 0. The second kappa shape index (κ2) is 5.52. The molecule has 0 radical (unpaired) electrons. The lowest BCUT2D eigenvalue weighted by Gasteiger charge is -2.27. The molecule has 0 bridgehead atoms. The van der Waals surface area contributed by atoms with E-state index in [4.69, 9.17) is 5.73 Å². The number of aliphatic hydroxyl groups is 1. The molecule has 0 aliphatic carbocycles. The third-order valence-corrected chi connectivity index (χ3v) is 2.83. The normalized spacial score (nSPS) is 13.5. The number of hydrogen-bond acceptors (Lipinski definition) is 3. The lowest BCUT2D eigenvalue weighted by molar-refractivity contribution is 0.0886. The van der Waals surface area contributed by atoms with Crippen molar-refractivity contribution in [3.8, 4) is 0 Å². The summed E-state index contributed by atoms with van der Waals surface area (Å²) in [5.41, 5.74) is 7.54. The van der Waals surface area contributed by atoms with E-state index in [-0.39, 0.29) is 6.04 Å². The minimum Gasteiger partial charge on any atom is -0.389 e. The first-order valence-corrected chi connectivity index (χ1v) is 6.12. The zero-order valence-electron chi connectivity index (χ0n) is 11.3. The van der Waals surface area contributed by atoms with Crippen molar-refractivity contribution in [1.29, 1.82) is 0 Å². The molecule has 3 nitrogen and oxygen atoms in total. The Balaban J connectivity index is 2.74. The molecule has 1 aromatic rings. The van der Waals surface area contributed by atoms with E-state index in [1.54, 1.807) is 0 Å². The van der Waals surface area contributed by atoms with Crippen molar-refractivity contribution in [3.05, 3.63) is 29.8 Å². The maximum Gasteiger partial charge on any atom is 0.0765 e. The van der Waals surface area contributed by atoms with Crippen LogP contribution in [-0.4, -0.2) is 24.3 Å². The summed E-state index contributed by atoms with van der Waals surface area (Å²) in [6.07, 6.45) is 0.943. The number of anilines is 1. The van der Waals surface area contributed by atoms with E-state index in [9.17, 15) is 5.11 Å². The van der Waals surface area contributed by atoms with Crippen molar-refractivity contribution in [2.45, 2.75) is 38.8 Å². The largest absolute Gasteiger partial charge is 0.389 e. The molecule has 0 saturated heterocycles. The molecule has 0 unspecified atom stereocenters. The van der Waals surface area contributed by atoms with E-state index in [0.29, 0.717) is 6.54 Å². The molecule has 1 rings (SSSR count). The molecule has 0 aliphatic rings. The Morgan fingerprint density at radius 1 is 1.29 bits per heavy atom. The third-order valence-electron chi connectivity index (χ3n) is 2.83. The number of rotatable bonds is 5. The molecule has 3 N–H and O–H groups in total. The Bertz CT molecular complexity index is 340. The maximum absolute atomic E-state index is 9.77. The first-order valence-electron chi connectivity index (χ1n) is 6.12. The molecule has 1 aromatic carbocycles. The van der Waals surface area contributed by atoms with E-state index in [0.717, 1.165) is 17.7 Å². The second-order valence-electron chi connectivity index (χ2n) is 5.27. The van der Waals surface area contributed by atoms with E-state index in [2.05, 4.69) is 31.2 Å². The first kappa shape index (κ1) is 14.0. The molecule has 1 atom stereocenters. The standard InChI is InChI=1S/C14H24N2O/c1-5-13(15)11-6-8-12(9-7-11)16(4)10-14(2,3)17/h6-9,13,17H,5,10,15H2,1-4H3/t13-/m0/s1. The van der Waals surface area contributed by atoms with Crippen molar-refractivity contribution in [1.82, 2.24) is 0 Å². The lowest BCUT2D eigenvalue weighted by Crippen LogP contribution is -2.36. The van der Waals surface area contributed by atoms with Gasteiger partial charge >= 0.3 is 0 Å². The van der Waals surface area contributed by atoms with Crippen LogP contribution in [0, 0.1) is 0 Å².